The topological polar surface area (TPSA) is 26.0 Å². The second-order valence-corrected chi connectivity index (χ2v) is 4.99. The predicted molar refractivity (Wildman–Crippen MR) is 63.6 cm³/mol. The highest BCUT2D eigenvalue weighted by Gasteiger charge is 2.20. The van der Waals surface area contributed by atoms with Gasteiger partial charge in [0.1, 0.15) is 0 Å². The quantitative estimate of drug-likeness (QED) is 0.818. The van der Waals surface area contributed by atoms with Crippen molar-refractivity contribution in [2.75, 3.05) is 6.54 Å². The van der Waals surface area contributed by atoms with Crippen molar-refractivity contribution in [3.05, 3.63) is 33.3 Å². The molecule has 1 aromatic rings. The molecule has 1 aromatic carbocycles. The normalized spacial score (nSPS) is 20.6. The number of fused-ring (bicyclic) bond motifs is 1. The number of nitrogens with two attached hydrogens (primary N) is 1. The van der Waals surface area contributed by atoms with E-state index in [1.54, 1.807) is 0 Å². The van der Waals surface area contributed by atoms with Gasteiger partial charge in [-0.25, -0.2) is 0 Å². The minimum Gasteiger partial charge on any atom is -0.330 e. The molecule has 1 nitrogen and oxygen atoms in total. The van der Waals surface area contributed by atoms with Crippen LogP contribution in [-0.2, 0) is 6.42 Å². The lowest BCUT2D eigenvalue weighted by molar-refractivity contribution is 0.559. The van der Waals surface area contributed by atoms with E-state index in [0.29, 0.717) is 5.92 Å². The molecule has 0 fully saturated rings. The van der Waals surface area contributed by atoms with E-state index in [-0.39, 0.29) is 0 Å². The summed E-state index contributed by atoms with van der Waals surface area (Å²) in [5.74, 6) is 0.579. The van der Waals surface area contributed by atoms with Crippen molar-refractivity contribution in [2.24, 2.45) is 5.73 Å². The number of hydrogen-bond acceptors (Lipinski definition) is 1. The van der Waals surface area contributed by atoms with E-state index in [1.807, 2.05) is 0 Å². The van der Waals surface area contributed by atoms with Crippen LogP contribution in [0.2, 0.25) is 0 Å². The van der Waals surface area contributed by atoms with E-state index >= 15 is 0 Å². The predicted octanol–water partition coefficient (Wildman–Crippen LogP) is 3.14. The Morgan fingerprint density at radius 1 is 1.50 bits per heavy atom. The molecule has 0 aliphatic heterocycles. The van der Waals surface area contributed by atoms with Crippen molar-refractivity contribution in [3.8, 4) is 0 Å². The molecule has 0 heterocycles. The Balaban J connectivity index is 2.51. The molecule has 0 aromatic heterocycles. The molecule has 2 rings (SSSR count). The van der Waals surface area contributed by atoms with E-state index < -0.39 is 0 Å². The zero-order valence-corrected chi connectivity index (χ0v) is 10.1. The third-order valence-electron chi connectivity index (χ3n) is 3.08. The molecule has 1 unspecified atom stereocenters. The maximum absolute atomic E-state index is 5.80. The number of hydrogen-bond donors (Lipinski definition) is 1. The fourth-order valence-electron chi connectivity index (χ4n) is 2.35. The molecule has 1 aliphatic rings. The molecule has 2 N–H and O–H groups in total. The summed E-state index contributed by atoms with van der Waals surface area (Å²) in [5.41, 5.74) is 10.1. The summed E-state index contributed by atoms with van der Waals surface area (Å²) in [6.07, 6.45) is 3.72. The van der Waals surface area contributed by atoms with Crippen molar-refractivity contribution in [1.29, 1.82) is 0 Å². The van der Waals surface area contributed by atoms with Crippen LogP contribution < -0.4 is 5.73 Å². The molecule has 14 heavy (non-hydrogen) atoms. The van der Waals surface area contributed by atoms with Gasteiger partial charge < -0.3 is 5.73 Å². The summed E-state index contributed by atoms with van der Waals surface area (Å²) >= 11 is 3.65. The Morgan fingerprint density at radius 3 is 3.00 bits per heavy atom. The summed E-state index contributed by atoms with van der Waals surface area (Å²) in [6.45, 7) is 2.93. The van der Waals surface area contributed by atoms with Gasteiger partial charge in [0.05, 0.1) is 0 Å². The van der Waals surface area contributed by atoms with Gasteiger partial charge in [-0.05, 0) is 61.4 Å². The Hall–Kier alpha value is -0.340. The highest BCUT2D eigenvalue weighted by molar-refractivity contribution is 9.10. The molecule has 1 atom stereocenters. The minimum absolute atomic E-state index is 0.579. The van der Waals surface area contributed by atoms with Crippen LogP contribution in [0.1, 0.15) is 35.4 Å². The van der Waals surface area contributed by atoms with E-state index in [4.69, 9.17) is 5.73 Å². The lowest BCUT2D eigenvalue weighted by Gasteiger charge is -2.25. The third kappa shape index (κ3) is 1.73. The zero-order valence-electron chi connectivity index (χ0n) is 8.52. The largest absolute Gasteiger partial charge is 0.330 e. The van der Waals surface area contributed by atoms with Crippen LogP contribution in [0.3, 0.4) is 0 Å². The van der Waals surface area contributed by atoms with Gasteiger partial charge in [-0.1, -0.05) is 22.0 Å². The fraction of sp³-hybridized carbons (Fsp3) is 0.500. The summed E-state index contributed by atoms with van der Waals surface area (Å²) in [5, 5.41) is 0. The minimum atomic E-state index is 0.579. The maximum Gasteiger partial charge on any atom is 0.0212 e. The standard InChI is InChI=1S/C12H16BrN/c1-8-5-11-9(7-14)3-2-4-10(11)12(13)6-8/h5-6,9H,2-4,7,14H2,1H3. The molecule has 0 saturated heterocycles. The number of aryl methyl sites for hydroxylation is 1. The number of benzene rings is 1. The Labute approximate surface area is 93.8 Å². The Bertz CT molecular complexity index is 346. The molecule has 2 heteroatoms. The highest BCUT2D eigenvalue weighted by atomic mass is 79.9. The summed E-state index contributed by atoms with van der Waals surface area (Å²) in [4.78, 5) is 0. The maximum atomic E-state index is 5.80. The molecule has 0 bridgehead atoms. The van der Waals surface area contributed by atoms with Crippen LogP contribution in [0, 0.1) is 6.92 Å². The van der Waals surface area contributed by atoms with Gasteiger partial charge in [-0.3, -0.25) is 0 Å². The first kappa shape index (κ1) is 10.2. The van der Waals surface area contributed by atoms with Gasteiger partial charge in [0, 0.05) is 4.47 Å². The van der Waals surface area contributed by atoms with E-state index in [1.165, 1.54) is 40.4 Å². The lowest BCUT2D eigenvalue weighted by atomic mass is 9.82. The van der Waals surface area contributed by atoms with E-state index in [2.05, 4.69) is 35.0 Å². The zero-order chi connectivity index (χ0) is 10.1. The first-order valence-corrected chi connectivity index (χ1v) is 6.00. The molecular formula is C12H16BrN. The van der Waals surface area contributed by atoms with Crippen molar-refractivity contribution >= 4 is 15.9 Å². The van der Waals surface area contributed by atoms with Crippen LogP contribution >= 0.6 is 15.9 Å². The first-order valence-electron chi connectivity index (χ1n) is 5.21. The average Bonchev–Trinajstić information content (AvgIpc) is 2.17. The third-order valence-corrected chi connectivity index (χ3v) is 3.79. The first-order chi connectivity index (χ1) is 6.72. The van der Waals surface area contributed by atoms with Gasteiger partial charge in [0.2, 0.25) is 0 Å². The van der Waals surface area contributed by atoms with Crippen LogP contribution in [0.5, 0.6) is 0 Å². The van der Waals surface area contributed by atoms with Gasteiger partial charge >= 0.3 is 0 Å². The second kappa shape index (κ2) is 4.03. The van der Waals surface area contributed by atoms with Crippen molar-refractivity contribution in [3.63, 3.8) is 0 Å². The second-order valence-electron chi connectivity index (χ2n) is 4.14. The molecule has 76 valence electrons. The fourth-order valence-corrected chi connectivity index (χ4v) is 3.14. The molecular weight excluding hydrogens is 238 g/mol. The lowest BCUT2D eigenvalue weighted by Crippen LogP contribution is -2.18. The Kier molecular flexibility index (Phi) is 2.93. The highest BCUT2D eigenvalue weighted by Crippen LogP contribution is 2.35. The van der Waals surface area contributed by atoms with Crippen LogP contribution in [0.25, 0.3) is 0 Å². The van der Waals surface area contributed by atoms with Crippen molar-refractivity contribution in [1.82, 2.24) is 0 Å². The molecule has 1 aliphatic carbocycles. The monoisotopic (exact) mass is 253 g/mol. The SMILES string of the molecule is Cc1cc(Br)c2c(c1)C(CN)CCC2. The van der Waals surface area contributed by atoms with Gasteiger partial charge in [0.15, 0.2) is 0 Å². The van der Waals surface area contributed by atoms with Gasteiger partial charge in [-0.2, -0.15) is 0 Å². The van der Waals surface area contributed by atoms with Gasteiger partial charge in [-0.15, -0.1) is 0 Å². The van der Waals surface area contributed by atoms with Crippen LogP contribution in [-0.4, -0.2) is 6.54 Å². The van der Waals surface area contributed by atoms with Gasteiger partial charge in [0.25, 0.3) is 0 Å². The summed E-state index contributed by atoms with van der Waals surface area (Å²) in [7, 11) is 0. The van der Waals surface area contributed by atoms with Crippen LogP contribution in [0.15, 0.2) is 16.6 Å². The smallest absolute Gasteiger partial charge is 0.0212 e. The van der Waals surface area contributed by atoms with Crippen molar-refractivity contribution < 1.29 is 0 Å². The molecule has 0 spiro atoms. The molecule has 0 amide bonds. The molecule has 0 saturated carbocycles. The van der Waals surface area contributed by atoms with Crippen LogP contribution in [0.4, 0.5) is 0 Å². The summed E-state index contributed by atoms with van der Waals surface area (Å²) in [6, 6.07) is 4.51. The number of rotatable bonds is 1. The average molecular weight is 254 g/mol. The van der Waals surface area contributed by atoms with E-state index in [0.717, 1.165) is 6.54 Å². The molecule has 0 radical (unpaired) electrons. The van der Waals surface area contributed by atoms with Crippen molar-refractivity contribution in [2.45, 2.75) is 32.1 Å². The Morgan fingerprint density at radius 2 is 2.29 bits per heavy atom. The van der Waals surface area contributed by atoms with E-state index in [9.17, 15) is 0 Å². The summed E-state index contributed by atoms with van der Waals surface area (Å²) < 4.78 is 1.27. The number of halogens is 1.